The van der Waals surface area contributed by atoms with Crippen molar-refractivity contribution < 1.29 is 4.74 Å². The molecule has 4 nitrogen and oxygen atoms in total. The average Bonchev–Trinajstić information content (AvgIpc) is 2.84. The molecule has 3 aliphatic rings. The van der Waals surface area contributed by atoms with Crippen LogP contribution in [0.3, 0.4) is 0 Å². The van der Waals surface area contributed by atoms with E-state index in [4.69, 9.17) is 4.74 Å². The number of aliphatic imine (C=N–C) groups is 1. The Hall–Kier alpha value is -0.0400. The van der Waals surface area contributed by atoms with Gasteiger partial charge in [-0.3, -0.25) is 4.99 Å². The van der Waals surface area contributed by atoms with Crippen LogP contribution in [-0.4, -0.2) is 48.7 Å². The van der Waals surface area contributed by atoms with Crippen molar-refractivity contribution >= 4 is 29.9 Å². The van der Waals surface area contributed by atoms with Crippen LogP contribution < -0.4 is 5.32 Å². The number of hydrogen-bond acceptors (Lipinski definition) is 2. The molecule has 3 rings (SSSR count). The maximum Gasteiger partial charge on any atom is 0.194 e. The summed E-state index contributed by atoms with van der Waals surface area (Å²) in [6.07, 6.45) is 1.60. The smallest absolute Gasteiger partial charge is 0.194 e. The Morgan fingerprint density at radius 1 is 1.18 bits per heavy atom. The van der Waals surface area contributed by atoms with Crippen LogP contribution in [0, 0.1) is 16.7 Å². The summed E-state index contributed by atoms with van der Waals surface area (Å²) in [6, 6.07) is 0.475. The zero-order valence-electron chi connectivity index (χ0n) is 15.1. The van der Waals surface area contributed by atoms with Crippen LogP contribution in [0.1, 0.15) is 48.0 Å². The lowest BCUT2D eigenvalue weighted by molar-refractivity contribution is -0.112. The van der Waals surface area contributed by atoms with Gasteiger partial charge >= 0.3 is 0 Å². The normalized spacial score (nSPS) is 37.5. The van der Waals surface area contributed by atoms with Crippen molar-refractivity contribution in [1.82, 2.24) is 10.2 Å². The summed E-state index contributed by atoms with van der Waals surface area (Å²) >= 11 is 0. The second-order valence-electron chi connectivity index (χ2n) is 8.76. The van der Waals surface area contributed by atoms with E-state index >= 15 is 0 Å². The standard InChI is InChI=1S/C17H31N3O.HI/c1-15(2)10-20(17(15,5)6)14(18-7)19-12-11-8-9-21-13(11)16(12,3)4;/h11-13H,8-10H2,1-7H3,(H,18,19);1H. The number of halogens is 1. The SMILES string of the molecule is CN=C(NC1C2CCOC2C1(C)C)N1CC(C)(C)C1(C)C.I. The molecule has 3 fully saturated rings. The van der Waals surface area contributed by atoms with Crippen LogP contribution in [0.15, 0.2) is 4.99 Å². The third kappa shape index (κ3) is 2.29. The van der Waals surface area contributed by atoms with Crippen molar-refractivity contribution in [3.63, 3.8) is 0 Å². The average molecular weight is 421 g/mol. The summed E-state index contributed by atoms with van der Waals surface area (Å²) in [5.74, 6) is 1.71. The molecule has 0 aromatic carbocycles. The molecule has 2 saturated heterocycles. The van der Waals surface area contributed by atoms with Gasteiger partial charge < -0.3 is 15.0 Å². The minimum Gasteiger partial charge on any atom is -0.377 e. The Morgan fingerprint density at radius 2 is 1.82 bits per heavy atom. The Labute approximate surface area is 152 Å². The molecule has 1 aliphatic carbocycles. The van der Waals surface area contributed by atoms with Crippen molar-refractivity contribution in [2.24, 2.45) is 21.7 Å². The largest absolute Gasteiger partial charge is 0.377 e. The van der Waals surface area contributed by atoms with Gasteiger partial charge in [-0.15, -0.1) is 24.0 Å². The number of likely N-dealkylation sites (tertiary alicyclic amines) is 1. The Balaban J connectivity index is 0.00000176. The second-order valence-corrected chi connectivity index (χ2v) is 8.76. The molecule has 0 amide bonds. The van der Waals surface area contributed by atoms with E-state index < -0.39 is 0 Å². The molecule has 2 aliphatic heterocycles. The number of nitrogens with zero attached hydrogens (tertiary/aromatic N) is 2. The summed E-state index contributed by atoms with van der Waals surface area (Å²) in [5, 5.41) is 3.76. The van der Waals surface area contributed by atoms with Crippen LogP contribution >= 0.6 is 24.0 Å². The molecule has 22 heavy (non-hydrogen) atoms. The fourth-order valence-corrected chi connectivity index (χ4v) is 4.42. The first kappa shape index (κ1) is 18.3. The first-order valence-electron chi connectivity index (χ1n) is 8.25. The molecule has 5 heteroatoms. The molecule has 0 spiro atoms. The van der Waals surface area contributed by atoms with Crippen LogP contribution in [0.5, 0.6) is 0 Å². The summed E-state index contributed by atoms with van der Waals surface area (Å²) in [7, 11) is 1.90. The van der Waals surface area contributed by atoms with Crippen molar-refractivity contribution in [3.05, 3.63) is 0 Å². The number of rotatable bonds is 1. The minimum absolute atomic E-state index is 0. The van der Waals surface area contributed by atoms with Crippen molar-refractivity contribution in [2.45, 2.75) is 65.6 Å². The highest BCUT2D eigenvalue weighted by Gasteiger charge is 2.61. The van der Waals surface area contributed by atoms with Crippen molar-refractivity contribution in [2.75, 3.05) is 20.2 Å². The van der Waals surface area contributed by atoms with E-state index in [1.807, 2.05) is 7.05 Å². The van der Waals surface area contributed by atoms with Crippen LogP contribution in [0.4, 0.5) is 0 Å². The summed E-state index contributed by atoms with van der Waals surface area (Å²) < 4.78 is 5.89. The minimum atomic E-state index is 0. The van der Waals surface area contributed by atoms with Gasteiger partial charge in [0.1, 0.15) is 0 Å². The molecule has 0 bridgehead atoms. The maximum absolute atomic E-state index is 5.89. The molecule has 128 valence electrons. The van der Waals surface area contributed by atoms with E-state index in [0.717, 1.165) is 19.1 Å². The van der Waals surface area contributed by atoms with Crippen LogP contribution in [-0.2, 0) is 4.74 Å². The number of guanidine groups is 1. The highest BCUT2D eigenvalue weighted by atomic mass is 127. The topological polar surface area (TPSA) is 36.9 Å². The quantitative estimate of drug-likeness (QED) is 0.402. The fourth-order valence-electron chi connectivity index (χ4n) is 4.42. The molecular formula is C17H32IN3O. The molecule has 3 unspecified atom stereocenters. The molecular weight excluding hydrogens is 389 g/mol. The first-order valence-corrected chi connectivity index (χ1v) is 8.25. The van der Waals surface area contributed by atoms with Gasteiger partial charge in [-0.2, -0.15) is 0 Å². The summed E-state index contributed by atoms with van der Waals surface area (Å²) in [6.45, 7) is 15.9. The number of hydrogen-bond donors (Lipinski definition) is 1. The van der Waals surface area contributed by atoms with E-state index in [1.165, 1.54) is 6.42 Å². The predicted molar refractivity (Wildman–Crippen MR) is 102 cm³/mol. The van der Waals surface area contributed by atoms with Gasteiger partial charge in [0.2, 0.25) is 0 Å². The molecule has 0 aromatic heterocycles. The number of ether oxygens (including phenoxy) is 1. The van der Waals surface area contributed by atoms with Crippen LogP contribution in [0.25, 0.3) is 0 Å². The lowest BCUT2D eigenvalue weighted by atomic mass is 9.57. The second kappa shape index (κ2) is 5.50. The fraction of sp³-hybridized carbons (Fsp3) is 0.941. The molecule has 0 aromatic rings. The van der Waals surface area contributed by atoms with Gasteiger partial charge in [0.05, 0.1) is 6.10 Å². The Bertz CT molecular complexity index is 473. The highest BCUT2D eigenvalue weighted by Crippen LogP contribution is 2.53. The monoisotopic (exact) mass is 421 g/mol. The van der Waals surface area contributed by atoms with E-state index in [9.17, 15) is 0 Å². The zero-order chi connectivity index (χ0) is 15.6. The van der Waals surface area contributed by atoms with E-state index in [1.54, 1.807) is 0 Å². The van der Waals surface area contributed by atoms with E-state index in [-0.39, 0.29) is 34.9 Å². The van der Waals surface area contributed by atoms with Crippen molar-refractivity contribution in [1.29, 1.82) is 0 Å². The molecule has 1 saturated carbocycles. The number of nitrogens with one attached hydrogen (secondary N) is 1. The Kier molecular flexibility index (Phi) is 4.58. The van der Waals surface area contributed by atoms with Gasteiger partial charge in [0.25, 0.3) is 0 Å². The van der Waals surface area contributed by atoms with Gasteiger partial charge in [-0.25, -0.2) is 0 Å². The molecule has 1 N–H and O–H groups in total. The molecule has 2 heterocycles. The van der Waals surface area contributed by atoms with E-state index in [0.29, 0.717) is 23.5 Å². The zero-order valence-corrected chi connectivity index (χ0v) is 17.4. The maximum atomic E-state index is 5.89. The summed E-state index contributed by atoms with van der Waals surface area (Å²) in [5.41, 5.74) is 0.675. The number of fused-ring (bicyclic) bond motifs is 1. The third-order valence-electron chi connectivity index (χ3n) is 6.74. The van der Waals surface area contributed by atoms with Gasteiger partial charge in [0, 0.05) is 48.5 Å². The van der Waals surface area contributed by atoms with E-state index in [2.05, 4.69) is 56.8 Å². The predicted octanol–water partition coefficient (Wildman–Crippen LogP) is 3.11. The van der Waals surface area contributed by atoms with Crippen LogP contribution in [0.2, 0.25) is 0 Å². The summed E-state index contributed by atoms with van der Waals surface area (Å²) in [4.78, 5) is 6.99. The van der Waals surface area contributed by atoms with Gasteiger partial charge in [-0.1, -0.05) is 27.7 Å². The van der Waals surface area contributed by atoms with Gasteiger partial charge in [0.15, 0.2) is 5.96 Å². The lowest BCUT2D eigenvalue weighted by Crippen LogP contribution is -2.75. The first-order chi connectivity index (χ1) is 9.63. The Morgan fingerprint density at radius 3 is 2.32 bits per heavy atom. The lowest BCUT2D eigenvalue weighted by Gasteiger charge is -2.63. The molecule has 3 atom stereocenters. The third-order valence-corrected chi connectivity index (χ3v) is 6.74. The highest BCUT2D eigenvalue weighted by molar-refractivity contribution is 14.0. The van der Waals surface area contributed by atoms with Gasteiger partial charge in [-0.05, 0) is 20.3 Å². The molecule has 0 radical (unpaired) electrons. The van der Waals surface area contributed by atoms with Crippen molar-refractivity contribution in [3.8, 4) is 0 Å².